The topological polar surface area (TPSA) is 67.2 Å². The van der Waals surface area contributed by atoms with Gasteiger partial charge in [-0.25, -0.2) is 4.98 Å². The lowest BCUT2D eigenvalue weighted by molar-refractivity contribution is -0.120. The number of para-hydroxylation sites is 3. The molecule has 0 aliphatic rings. The zero-order chi connectivity index (χ0) is 25.5. The van der Waals surface area contributed by atoms with Gasteiger partial charge in [-0.3, -0.25) is 9.59 Å². The molecule has 186 valence electrons. The molecule has 1 aromatic heterocycles. The normalized spacial score (nSPS) is 11.1. The van der Waals surface area contributed by atoms with Crippen LogP contribution in [-0.2, 0) is 29.0 Å². The molecule has 1 heterocycles. The average Bonchev–Trinajstić information content (AvgIpc) is 3.21. The molecule has 0 fully saturated rings. The first-order chi connectivity index (χ1) is 17.4. The SMILES string of the molecule is Cc1ccccc1CC(=O)NCCCc1nc2ccccc2n1CC(=O)N(c1ccccc1)C(C)C. The summed E-state index contributed by atoms with van der Waals surface area (Å²) in [6.07, 6.45) is 1.79. The van der Waals surface area contributed by atoms with E-state index in [-0.39, 0.29) is 24.4 Å². The summed E-state index contributed by atoms with van der Waals surface area (Å²) in [4.78, 5) is 32.6. The third kappa shape index (κ3) is 6.00. The monoisotopic (exact) mass is 482 g/mol. The Kier molecular flexibility index (Phi) is 8.16. The Morgan fingerprint density at radius 2 is 1.64 bits per heavy atom. The highest BCUT2D eigenvalue weighted by Crippen LogP contribution is 2.21. The van der Waals surface area contributed by atoms with Gasteiger partial charge in [0, 0.05) is 24.7 Å². The smallest absolute Gasteiger partial charge is 0.247 e. The summed E-state index contributed by atoms with van der Waals surface area (Å²) in [7, 11) is 0. The van der Waals surface area contributed by atoms with Crippen LogP contribution in [-0.4, -0.2) is 34.0 Å². The zero-order valence-electron chi connectivity index (χ0n) is 21.3. The first-order valence-electron chi connectivity index (χ1n) is 12.6. The molecule has 0 bridgehead atoms. The molecule has 4 aromatic rings. The van der Waals surface area contributed by atoms with Crippen LogP contribution < -0.4 is 10.2 Å². The molecule has 4 rings (SSSR count). The van der Waals surface area contributed by atoms with Crippen LogP contribution in [0, 0.1) is 6.92 Å². The number of aromatic nitrogens is 2. The Hall–Kier alpha value is -3.93. The van der Waals surface area contributed by atoms with Gasteiger partial charge in [0.05, 0.1) is 17.5 Å². The van der Waals surface area contributed by atoms with Crippen LogP contribution in [0.5, 0.6) is 0 Å². The Bertz CT molecular complexity index is 1330. The van der Waals surface area contributed by atoms with Gasteiger partial charge in [0.15, 0.2) is 0 Å². The molecule has 0 spiro atoms. The maximum Gasteiger partial charge on any atom is 0.247 e. The molecule has 2 amide bonds. The van der Waals surface area contributed by atoms with Gasteiger partial charge in [0.25, 0.3) is 0 Å². The van der Waals surface area contributed by atoms with Crippen molar-refractivity contribution in [2.45, 2.75) is 52.6 Å². The van der Waals surface area contributed by atoms with Crippen LogP contribution in [0.2, 0.25) is 0 Å². The van der Waals surface area contributed by atoms with E-state index in [2.05, 4.69) is 5.32 Å². The molecule has 6 nitrogen and oxygen atoms in total. The van der Waals surface area contributed by atoms with Gasteiger partial charge in [0.2, 0.25) is 11.8 Å². The first kappa shape index (κ1) is 25.2. The highest BCUT2D eigenvalue weighted by Gasteiger charge is 2.21. The lowest BCUT2D eigenvalue weighted by Crippen LogP contribution is -2.39. The van der Waals surface area contributed by atoms with E-state index < -0.39 is 0 Å². The van der Waals surface area contributed by atoms with E-state index >= 15 is 0 Å². The predicted octanol–water partition coefficient (Wildman–Crippen LogP) is 5.08. The van der Waals surface area contributed by atoms with Gasteiger partial charge in [-0.05, 0) is 62.6 Å². The van der Waals surface area contributed by atoms with Crippen LogP contribution in [0.15, 0.2) is 78.9 Å². The second kappa shape index (κ2) is 11.7. The molecule has 0 saturated heterocycles. The fourth-order valence-corrected chi connectivity index (χ4v) is 4.54. The summed E-state index contributed by atoms with van der Waals surface area (Å²) in [6, 6.07) is 25.7. The standard InChI is InChI=1S/C30H34N4O2/c1-22(2)34(25-14-5-4-6-15-25)30(36)21-33-27-17-10-9-16-26(27)32-28(33)18-11-19-31-29(35)20-24-13-8-7-12-23(24)3/h4-10,12-17,22H,11,18-21H2,1-3H3,(H,31,35). The Morgan fingerprint density at radius 1 is 0.944 bits per heavy atom. The highest BCUT2D eigenvalue weighted by atomic mass is 16.2. The molecule has 0 radical (unpaired) electrons. The van der Waals surface area contributed by atoms with Crippen molar-refractivity contribution in [3.05, 3.63) is 95.8 Å². The Balaban J connectivity index is 1.44. The van der Waals surface area contributed by atoms with Crippen LogP contribution in [0.1, 0.15) is 37.2 Å². The van der Waals surface area contributed by atoms with Gasteiger partial charge in [-0.1, -0.05) is 54.6 Å². The van der Waals surface area contributed by atoms with Crippen LogP contribution in [0.4, 0.5) is 5.69 Å². The number of nitrogens with zero attached hydrogens (tertiary/aromatic N) is 3. The largest absolute Gasteiger partial charge is 0.356 e. The molecule has 0 aliphatic heterocycles. The van der Waals surface area contributed by atoms with E-state index in [0.29, 0.717) is 19.4 Å². The van der Waals surface area contributed by atoms with Crippen molar-refractivity contribution in [3.8, 4) is 0 Å². The minimum absolute atomic E-state index is 0.0171. The second-order valence-corrected chi connectivity index (χ2v) is 9.35. The lowest BCUT2D eigenvalue weighted by atomic mass is 10.1. The lowest BCUT2D eigenvalue weighted by Gasteiger charge is -2.27. The van der Waals surface area contributed by atoms with E-state index in [4.69, 9.17) is 4.98 Å². The summed E-state index contributed by atoms with van der Waals surface area (Å²) in [5.74, 6) is 0.894. The molecule has 1 N–H and O–H groups in total. The number of rotatable bonds is 10. The van der Waals surface area contributed by atoms with Crippen LogP contribution in [0.3, 0.4) is 0 Å². The number of carbonyl (C=O) groups excluding carboxylic acids is 2. The number of anilines is 1. The zero-order valence-corrected chi connectivity index (χ0v) is 21.3. The van der Waals surface area contributed by atoms with E-state index in [1.807, 2.05) is 109 Å². The van der Waals surface area contributed by atoms with Crippen molar-refractivity contribution in [1.29, 1.82) is 0 Å². The van der Waals surface area contributed by atoms with E-state index in [1.54, 1.807) is 0 Å². The number of imidazole rings is 1. The van der Waals surface area contributed by atoms with Crippen molar-refractivity contribution in [3.63, 3.8) is 0 Å². The minimum Gasteiger partial charge on any atom is -0.356 e. The van der Waals surface area contributed by atoms with Gasteiger partial charge < -0.3 is 14.8 Å². The van der Waals surface area contributed by atoms with Gasteiger partial charge >= 0.3 is 0 Å². The Morgan fingerprint density at radius 3 is 2.39 bits per heavy atom. The summed E-state index contributed by atoms with van der Waals surface area (Å²) < 4.78 is 2.02. The molecule has 6 heteroatoms. The van der Waals surface area contributed by atoms with Crippen molar-refractivity contribution >= 4 is 28.5 Å². The second-order valence-electron chi connectivity index (χ2n) is 9.35. The molecule has 36 heavy (non-hydrogen) atoms. The van der Waals surface area contributed by atoms with E-state index in [9.17, 15) is 9.59 Å². The maximum atomic E-state index is 13.5. The summed E-state index contributed by atoms with van der Waals surface area (Å²) in [5, 5.41) is 3.03. The van der Waals surface area contributed by atoms with Crippen molar-refractivity contribution < 1.29 is 9.59 Å². The fraction of sp³-hybridized carbons (Fsp3) is 0.300. The molecule has 0 unspecified atom stereocenters. The predicted molar refractivity (Wildman–Crippen MR) is 145 cm³/mol. The number of hydrogen-bond donors (Lipinski definition) is 1. The third-order valence-corrected chi connectivity index (χ3v) is 6.36. The molecule has 0 aliphatic carbocycles. The fourth-order valence-electron chi connectivity index (χ4n) is 4.54. The van der Waals surface area contributed by atoms with Gasteiger partial charge in [-0.15, -0.1) is 0 Å². The van der Waals surface area contributed by atoms with Gasteiger partial charge in [0.1, 0.15) is 12.4 Å². The Labute approximate surface area is 213 Å². The number of nitrogens with one attached hydrogen (secondary N) is 1. The number of amides is 2. The van der Waals surface area contributed by atoms with Crippen molar-refractivity contribution in [2.75, 3.05) is 11.4 Å². The number of hydrogen-bond acceptors (Lipinski definition) is 3. The highest BCUT2D eigenvalue weighted by molar-refractivity contribution is 5.94. The minimum atomic E-state index is 0.0171. The number of carbonyl (C=O) groups is 2. The quantitative estimate of drug-likeness (QED) is 0.321. The molecule has 0 atom stereocenters. The number of aryl methyl sites for hydroxylation is 2. The van der Waals surface area contributed by atoms with Crippen LogP contribution in [0.25, 0.3) is 11.0 Å². The molecular weight excluding hydrogens is 448 g/mol. The average molecular weight is 483 g/mol. The summed E-state index contributed by atoms with van der Waals surface area (Å²) in [6.45, 7) is 6.84. The summed E-state index contributed by atoms with van der Waals surface area (Å²) in [5.41, 5.74) is 4.88. The van der Waals surface area contributed by atoms with Gasteiger partial charge in [-0.2, -0.15) is 0 Å². The molecule has 0 saturated carbocycles. The number of fused-ring (bicyclic) bond motifs is 1. The van der Waals surface area contributed by atoms with Crippen molar-refractivity contribution in [2.24, 2.45) is 0 Å². The maximum absolute atomic E-state index is 13.5. The summed E-state index contributed by atoms with van der Waals surface area (Å²) >= 11 is 0. The number of benzene rings is 3. The van der Waals surface area contributed by atoms with Crippen LogP contribution >= 0.6 is 0 Å². The molecular formula is C30H34N4O2. The van der Waals surface area contributed by atoms with E-state index in [0.717, 1.165) is 40.1 Å². The van der Waals surface area contributed by atoms with Crippen molar-refractivity contribution in [1.82, 2.24) is 14.9 Å². The third-order valence-electron chi connectivity index (χ3n) is 6.36. The molecule has 3 aromatic carbocycles. The first-order valence-corrected chi connectivity index (χ1v) is 12.6. The van der Waals surface area contributed by atoms with E-state index in [1.165, 1.54) is 0 Å².